The highest BCUT2D eigenvalue weighted by Crippen LogP contribution is 2.40. The number of thiophene rings is 1. The molecular formula is C46H29N3S. The van der Waals surface area contributed by atoms with E-state index in [0.717, 1.165) is 33.9 Å². The zero-order valence-corrected chi connectivity index (χ0v) is 27.8. The van der Waals surface area contributed by atoms with E-state index in [1.165, 1.54) is 58.8 Å². The lowest BCUT2D eigenvalue weighted by atomic mass is 9.99. The van der Waals surface area contributed by atoms with Crippen LogP contribution in [0.4, 0.5) is 0 Å². The molecule has 10 aromatic rings. The van der Waals surface area contributed by atoms with E-state index in [1.807, 2.05) is 35.6 Å². The Kier molecular flexibility index (Phi) is 6.68. The van der Waals surface area contributed by atoms with Gasteiger partial charge in [0.25, 0.3) is 0 Å². The van der Waals surface area contributed by atoms with Crippen LogP contribution in [0.1, 0.15) is 0 Å². The second-order valence-electron chi connectivity index (χ2n) is 12.6. The Balaban J connectivity index is 1.11. The van der Waals surface area contributed by atoms with Gasteiger partial charge in [-0.2, -0.15) is 0 Å². The molecule has 7 aromatic carbocycles. The lowest BCUT2D eigenvalue weighted by Gasteiger charge is -2.10. The maximum atomic E-state index is 5.10. The van der Waals surface area contributed by atoms with Gasteiger partial charge in [-0.3, -0.25) is 0 Å². The van der Waals surface area contributed by atoms with Crippen LogP contribution >= 0.6 is 11.3 Å². The Labute approximate surface area is 293 Å². The highest BCUT2D eigenvalue weighted by Gasteiger charge is 2.15. The molecule has 0 fully saturated rings. The van der Waals surface area contributed by atoms with Crippen LogP contribution < -0.4 is 0 Å². The molecule has 0 atom stereocenters. The maximum absolute atomic E-state index is 5.10. The molecule has 0 aliphatic heterocycles. The summed E-state index contributed by atoms with van der Waals surface area (Å²) in [5.74, 6) is 0.725. The number of nitrogens with zero attached hydrogens (tertiary/aromatic N) is 3. The first-order chi connectivity index (χ1) is 24.8. The third-order valence-corrected chi connectivity index (χ3v) is 10.8. The van der Waals surface area contributed by atoms with Crippen LogP contribution in [0.25, 0.3) is 92.7 Å². The number of aromatic nitrogens is 3. The molecule has 234 valence electrons. The molecule has 3 heterocycles. The lowest BCUT2D eigenvalue weighted by molar-refractivity contribution is 1.18. The first kappa shape index (κ1) is 28.6. The Morgan fingerprint density at radius 3 is 1.60 bits per heavy atom. The fraction of sp³-hybridized carbons (Fsp3) is 0. The summed E-state index contributed by atoms with van der Waals surface area (Å²) in [4.78, 5) is 10.1. The Hall–Kier alpha value is -6.36. The van der Waals surface area contributed by atoms with Gasteiger partial charge < -0.3 is 4.57 Å². The average Bonchev–Trinajstić information content (AvgIpc) is 3.73. The number of benzene rings is 7. The Bertz CT molecular complexity index is 2800. The van der Waals surface area contributed by atoms with Gasteiger partial charge in [-0.25, -0.2) is 9.97 Å². The third kappa shape index (κ3) is 4.80. The van der Waals surface area contributed by atoms with Crippen molar-refractivity contribution in [2.45, 2.75) is 0 Å². The first-order valence-corrected chi connectivity index (χ1v) is 17.6. The smallest absolute Gasteiger partial charge is 0.160 e. The molecule has 0 amide bonds. The number of hydrogen-bond donors (Lipinski definition) is 0. The van der Waals surface area contributed by atoms with E-state index < -0.39 is 0 Å². The van der Waals surface area contributed by atoms with E-state index in [1.54, 1.807) is 0 Å². The third-order valence-electron chi connectivity index (χ3n) is 9.61. The van der Waals surface area contributed by atoms with Crippen molar-refractivity contribution in [3.05, 3.63) is 176 Å². The molecule has 4 heteroatoms. The summed E-state index contributed by atoms with van der Waals surface area (Å²) in [6.45, 7) is 0. The van der Waals surface area contributed by atoms with Crippen molar-refractivity contribution >= 4 is 53.3 Å². The van der Waals surface area contributed by atoms with E-state index in [-0.39, 0.29) is 0 Å². The molecule has 0 saturated carbocycles. The Morgan fingerprint density at radius 2 is 0.880 bits per heavy atom. The van der Waals surface area contributed by atoms with Crippen LogP contribution in [0, 0.1) is 0 Å². The zero-order valence-electron chi connectivity index (χ0n) is 27.0. The topological polar surface area (TPSA) is 30.7 Å². The van der Waals surface area contributed by atoms with Gasteiger partial charge >= 0.3 is 0 Å². The van der Waals surface area contributed by atoms with Gasteiger partial charge in [0.05, 0.1) is 22.4 Å². The quantitative estimate of drug-likeness (QED) is 0.185. The van der Waals surface area contributed by atoms with Gasteiger partial charge in [-0.15, -0.1) is 11.3 Å². The lowest BCUT2D eigenvalue weighted by Crippen LogP contribution is -1.95. The van der Waals surface area contributed by atoms with Crippen molar-refractivity contribution in [3.63, 3.8) is 0 Å². The summed E-state index contributed by atoms with van der Waals surface area (Å²) in [6, 6.07) is 62.6. The number of fused-ring (bicyclic) bond motifs is 6. The minimum absolute atomic E-state index is 0.725. The molecule has 0 N–H and O–H groups in total. The van der Waals surface area contributed by atoms with Crippen molar-refractivity contribution in [3.8, 4) is 50.7 Å². The molecule has 0 radical (unpaired) electrons. The molecule has 50 heavy (non-hydrogen) atoms. The highest BCUT2D eigenvalue weighted by atomic mass is 32.1. The van der Waals surface area contributed by atoms with Crippen LogP contribution in [0.5, 0.6) is 0 Å². The van der Waals surface area contributed by atoms with Crippen LogP contribution in [0.3, 0.4) is 0 Å². The van der Waals surface area contributed by atoms with E-state index in [0.29, 0.717) is 0 Å². The van der Waals surface area contributed by atoms with Gasteiger partial charge in [-0.05, 0) is 71.8 Å². The van der Waals surface area contributed by atoms with E-state index >= 15 is 0 Å². The average molecular weight is 656 g/mol. The molecule has 0 bridgehead atoms. The largest absolute Gasteiger partial charge is 0.309 e. The van der Waals surface area contributed by atoms with Gasteiger partial charge in [0.15, 0.2) is 5.82 Å². The van der Waals surface area contributed by atoms with E-state index in [4.69, 9.17) is 9.97 Å². The van der Waals surface area contributed by atoms with Crippen molar-refractivity contribution in [1.82, 2.24) is 14.5 Å². The summed E-state index contributed by atoms with van der Waals surface area (Å²) >= 11 is 1.84. The van der Waals surface area contributed by atoms with Crippen LogP contribution in [-0.4, -0.2) is 14.5 Å². The molecule has 0 aliphatic carbocycles. The van der Waals surface area contributed by atoms with E-state index in [2.05, 4.69) is 156 Å². The summed E-state index contributed by atoms with van der Waals surface area (Å²) < 4.78 is 4.91. The zero-order chi connectivity index (χ0) is 33.0. The number of para-hydroxylation sites is 2. The monoisotopic (exact) mass is 655 g/mol. The summed E-state index contributed by atoms with van der Waals surface area (Å²) in [5, 5.41) is 5.02. The predicted octanol–water partition coefficient (Wildman–Crippen LogP) is 12.6. The standard InChI is InChI=1S/C46H29N3S/c1-4-12-30(13-5-1)40-29-41(48-46(47-40)31-14-6-2-7-15-31)34-22-25-45-39(28-34)38-27-33(21-24-44(38)50-45)32-20-23-43-37(26-32)36-18-10-11-19-42(36)49(43)35-16-8-3-9-17-35/h1-29H. The van der Waals surface area contributed by atoms with Gasteiger partial charge in [0.1, 0.15) is 0 Å². The van der Waals surface area contributed by atoms with Crippen molar-refractivity contribution in [2.75, 3.05) is 0 Å². The van der Waals surface area contributed by atoms with E-state index in [9.17, 15) is 0 Å². The minimum Gasteiger partial charge on any atom is -0.309 e. The molecule has 3 nitrogen and oxygen atoms in total. The molecule has 0 spiro atoms. The molecule has 0 aliphatic rings. The molecule has 10 rings (SSSR count). The summed E-state index contributed by atoms with van der Waals surface area (Å²) in [7, 11) is 0. The second kappa shape index (κ2) is 11.7. The van der Waals surface area contributed by atoms with Crippen molar-refractivity contribution in [1.29, 1.82) is 0 Å². The predicted molar refractivity (Wildman–Crippen MR) is 211 cm³/mol. The molecule has 0 unspecified atom stereocenters. The van der Waals surface area contributed by atoms with Crippen LogP contribution in [0.2, 0.25) is 0 Å². The Morgan fingerprint density at radius 1 is 0.360 bits per heavy atom. The van der Waals surface area contributed by atoms with Crippen LogP contribution in [-0.2, 0) is 0 Å². The number of rotatable bonds is 5. The van der Waals surface area contributed by atoms with Crippen molar-refractivity contribution < 1.29 is 0 Å². The maximum Gasteiger partial charge on any atom is 0.160 e. The second-order valence-corrected chi connectivity index (χ2v) is 13.7. The number of hydrogen-bond acceptors (Lipinski definition) is 3. The van der Waals surface area contributed by atoms with Gasteiger partial charge in [0.2, 0.25) is 0 Å². The normalized spacial score (nSPS) is 11.6. The molecule has 0 saturated heterocycles. The summed E-state index contributed by atoms with van der Waals surface area (Å²) in [6.07, 6.45) is 0. The summed E-state index contributed by atoms with van der Waals surface area (Å²) in [5.41, 5.74) is 11.0. The first-order valence-electron chi connectivity index (χ1n) is 16.8. The van der Waals surface area contributed by atoms with Crippen molar-refractivity contribution in [2.24, 2.45) is 0 Å². The highest BCUT2D eigenvalue weighted by molar-refractivity contribution is 7.25. The fourth-order valence-corrected chi connectivity index (χ4v) is 8.26. The SMILES string of the molecule is c1ccc(-c2cc(-c3ccc4sc5ccc(-c6ccc7c(c6)c6ccccc6n7-c6ccccc6)cc5c4c3)nc(-c3ccccc3)n2)cc1. The van der Waals surface area contributed by atoms with Gasteiger partial charge in [-0.1, -0.05) is 115 Å². The van der Waals surface area contributed by atoms with Crippen LogP contribution in [0.15, 0.2) is 176 Å². The molecular weight excluding hydrogens is 627 g/mol. The fourth-order valence-electron chi connectivity index (χ4n) is 7.19. The minimum atomic E-state index is 0.725. The van der Waals surface area contributed by atoms with Gasteiger partial charge in [0, 0.05) is 53.3 Å². The molecule has 3 aromatic heterocycles.